The maximum atomic E-state index is 12.5. The molecule has 0 fully saturated rings. The van der Waals surface area contributed by atoms with E-state index in [0.717, 1.165) is 23.1 Å². The molecule has 0 aliphatic heterocycles. The summed E-state index contributed by atoms with van der Waals surface area (Å²) < 4.78 is 0. The van der Waals surface area contributed by atoms with E-state index in [-0.39, 0.29) is 5.91 Å². The zero-order valence-corrected chi connectivity index (χ0v) is 14.0. The number of allylic oxidation sites excluding steroid dienone is 1. The highest BCUT2D eigenvalue weighted by Crippen LogP contribution is 2.18. The minimum Gasteiger partial charge on any atom is -0.366 e. The Morgan fingerprint density at radius 1 is 1.04 bits per heavy atom. The van der Waals surface area contributed by atoms with Crippen molar-refractivity contribution in [3.63, 3.8) is 0 Å². The Morgan fingerprint density at radius 2 is 1.71 bits per heavy atom. The van der Waals surface area contributed by atoms with Crippen molar-refractivity contribution in [3.05, 3.63) is 77.4 Å². The van der Waals surface area contributed by atoms with Gasteiger partial charge in [0.05, 0.1) is 0 Å². The second-order valence-electron chi connectivity index (χ2n) is 5.65. The van der Waals surface area contributed by atoms with Crippen LogP contribution >= 0.6 is 0 Å². The lowest BCUT2D eigenvalue weighted by atomic mass is 10.0. The van der Waals surface area contributed by atoms with E-state index >= 15 is 0 Å². The van der Waals surface area contributed by atoms with Crippen LogP contribution in [0.4, 0.5) is 0 Å². The molecule has 24 heavy (non-hydrogen) atoms. The molecule has 0 saturated heterocycles. The molecule has 4 nitrogen and oxygen atoms in total. The molecule has 0 aliphatic rings. The minimum absolute atomic E-state index is 0.0693. The van der Waals surface area contributed by atoms with Gasteiger partial charge in [-0.3, -0.25) is 9.59 Å². The van der Waals surface area contributed by atoms with Gasteiger partial charge >= 0.3 is 0 Å². The van der Waals surface area contributed by atoms with E-state index in [1.54, 1.807) is 36.2 Å². The van der Waals surface area contributed by atoms with Gasteiger partial charge in [-0.2, -0.15) is 0 Å². The number of nitrogens with zero attached hydrogens (tertiary/aromatic N) is 1. The SMILES string of the molecule is CCC(=CC(=O)N(C)Cc1cccc(C(N)=O)c1)c1ccccc1. The average molecular weight is 322 g/mol. The standard InChI is InChI=1S/C20H22N2O2/c1-3-16(17-9-5-4-6-10-17)13-19(23)22(2)14-15-8-7-11-18(12-15)20(21)24/h4-13H,3,14H2,1-2H3,(H2,21,24). The van der Waals surface area contributed by atoms with Gasteiger partial charge < -0.3 is 10.6 Å². The summed E-state index contributed by atoms with van der Waals surface area (Å²) in [5.41, 5.74) is 8.66. The molecule has 2 aromatic carbocycles. The van der Waals surface area contributed by atoms with Gasteiger partial charge in [0, 0.05) is 25.2 Å². The lowest BCUT2D eigenvalue weighted by molar-refractivity contribution is -0.125. The highest BCUT2D eigenvalue weighted by Gasteiger charge is 2.10. The number of hydrogen-bond acceptors (Lipinski definition) is 2. The van der Waals surface area contributed by atoms with Crippen LogP contribution in [-0.4, -0.2) is 23.8 Å². The van der Waals surface area contributed by atoms with E-state index in [1.807, 2.05) is 43.3 Å². The van der Waals surface area contributed by atoms with Gasteiger partial charge in [-0.1, -0.05) is 49.4 Å². The van der Waals surface area contributed by atoms with Crippen LogP contribution in [0.5, 0.6) is 0 Å². The van der Waals surface area contributed by atoms with Gasteiger partial charge in [-0.05, 0) is 35.3 Å². The van der Waals surface area contributed by atoms with Crippen LogP contribution in [0.25, 0.3) is 5.57 Å². The highest BCUT2D eigenvalue weighted by molar-refractivity contribution is 5.95. The fourth-order valence-electron chi connectivity index (χ4n) is 2.48. The van der Waals surface area contributed by atoms with Crippen LogP contribution < -0.4 is 5.73 Å². The van der Waals surface area contributed by atoms with Gasteiger partial charge in [-0.15, -0.1) is 0 Å². The predicted octanol–water partition coefficient (Wildman–Crippen LogP) is 3.24. The number of carbonyl (C=O) groups is 2. The van der Waals surface area contributed by atoms with Crippen molar-refractivity contribution in [1.29, 1.82) is 0 Å². The molecule has 4 heteroatoms. The molecule has 0 unspecified atom stereocenters. The third kappa shape index (κ3) is 4.56. The summed E-state index contributed by atoms with van der Waals surface area (Å²) in [5, 5.41) is 0. The Morgan fingerprint density at radius 3 is 2.33 bits per heavy atom. The van der Waals surface area contributed by atoms with E-state index in [1.165, 1.54) is 0 Å². The zero-order valence-electron chi connectivity index (χ0n) is 14.0. The second-order valence-corrected chi connectivity index (χ2v) is 5.65. The molecule has 0 atom stereocenters. The lowest BCUT2D eigenvalue weighted by Gasteiger charge is -2.16. The monoisotopic (exact) mass is 322 g/mol. The van der Waals surface area contributed by atoms with E-state index in [2.05, 4.69) is 0 Å². The van der Waals surface area contributed by atoms with Gasteiger partial charge in [-0.25, -0.2) is 0 Å². The van der Waals surface area contributed by atoms with Crippen LogP contribution in [0.1, 0.15) is 34.8 Å². The fraction of sp³-hybridized carbons (Fsp3) is 0.200. The molecule has 0 spiro atoms. The Balaban J connectivity index is 2.13. The highest BCUT2D eigenvalue weighted by atomic mass is 16.2. The van der Waals surface area contributed by atoms with Crippen LogP contribution in [-0.2, 0) is 11.3 Å². The van der Waals surface area contributed by atoms with Crippen molar-refractivity contribution >= 4 is 17.4 Å². The summed E-state index contributed by atoms with van der Waals surface area (Å²) in [6.45, 7) is 2.45. The first-order valence-electron chi connectivity index (χ1n) is 7.91. The van der Waals surface area contributed by atoms with Crippen molar-refractivity contribution in [2.45, 2.75) is 19.9 Å². The summed E-state index contributed by atoms with van der Waals surface area (Å²) in [6.07, 6.45) is 2.45. The smallest absolute Gasteiger partial charge is 0.248 e. The molecule has 0 saturated carbocycles. The first kappa shape index (κ1) is 17.5. The Bertz CT molecular complexity index is 751. The molecule has 0 aromatic heterocycles. The van der Waals surface area contributed by atoms with Crippen LogP contribution in [0.2, 0.25) is 0 Å². The molecule has 124 valence electrons. The maximum Gasteiger partial charge on any atom is 0.248 e. The first-order valence-corrected chi connectivity index (χ1v) is 7.91. The summed E-state index contributed by atoms with van der Waals surface area (Å²) in [5.74, 6) is -0.539. The quantitative estimate of drug-likeness (QED) is 0.830. The number of hydrogen-bond donors (Lipinski definition) is 1. The molecular formula is C20H22N2O2. The summed E-state index contributed by atoms with van der Waals surface area (Å²) >= 11 is 0. The number of rotatable bonds is 6. The molecule has 2 amide bonds. The van der Waals surface area contributed by atoms with Crippen molar-refractivity contribution < 1.29 is 9.59 Å². The van der Waals surface area contributed by atoms with Crippen molar-refractivity contribution in [3.8, 4) is 0 Å². The normalized spacial score (nSPS) is 11.2. The number of likely N-dealkylation sites (N-methyl/N-ethyl adjacent to an activating group) is 1. The molecule has 2 aromatic rings. The van der Waals surface area contributed by atoms with Crippen molar-refractivity contribution in [2.24, 2.45) is 5.73 Å². The Kier molecular flexibility index (Phi) is 5.90. The molecule has 2 rings (SSSR count). The fourth-order valence-corrected chi connectivity index (χ4v) is 2.48. The lowest BCUT2D eigenvalue weighted by Crippen LogP contribution is -2.24. The Hall–Kier alpha value is -2.88. The van der Waals surface area contributed by atoms with Crippen LogP contribution in [0, 0.1) is 0 Å². The largest absolute Gasteiger partial charge is 0.366 e. The molecule has 0 heterocycles. The maximum absolute atomic E-state index is 12.5. The van der Waals surface area contributed by atoms with Crippen LogP contribution in [0.3, 0.4) is 0 Å². The molecule has 2 N–H and O–H groups in total. The van der Waals surface area contributed by atoms with Gasteiger partial charge in [0.1, 0.15) is 0 Å². The number of nitrogens with two attached hydrogens (primary N) is 1. The topological polar surface area (TPSA) is 63.4 Å². The first-order chi connectivity index (χ1) is 11.5. The van der Waals surface area contributed by atoms with E-state index in [0.29, 0.717) is 12.1 Å². The number of benzene rings is 2. The third-order valence-electron chi connectivity index (χ3n) is 3.83. The van der Waals surface area contributed by atoms with Crippen molar-refractivity contribution in [1.82, 2.24) is 4.90 Å². The molecular weight excluding hydrogens is 300 g/mol. The van der Waals surface area contributed by atoms with Crippen LogP contribution in [0.15, 0.2) is 60.7 Å². The number of amides is 2. The average Bonchev–Trinajstić information content (AvgIpc) is 2.60. The molecule has 0 radical (unpaired) electrons. The second kappa shape index (κ2) is 8.11. The number of primary amides is 1. The van der Waals surface area contributed by atoms with Gasteiger partial charge in [0.2, 0.25) is 11.8 Å². The third-order valence-corrected chi connectivity index (χ3v) is 3.83. The van der Waals surface area contributed by atoms with E-state index < -0.39 is 5.91 Å². The number of carbonyl (C=O) groups excluding carboxylic acids is 2. The Labute approximate surface area is 142 Å². The minimum atomic E-state index is -0.469. The zero-order chi connectivity index (χ0) is 17.5. The summed E-state index contributed by atoms with van der Waals surface area (Å²) in [6, 6.07) is 16.9. The van der Waals surface area contributed by atoms with E-state index in [4.69, 9.17) is 5.73 Å². The van der Waals surface area contributed by atoms with Gasteiger partial charge in [0.25, 0.3) is 0 Å². The summed E-state index contributed by atoms with van der Waals surface area (Å²) in [7, 11) is 1.74. The molecule has 0 bridgehead atoms. The molecule has 0 aliphatic carbocycles. The summed E-state index contributed by atoms with van der Waals surface area (Å²) in [4.78, 5) is 25.3. The van der Waals surface area contributed by atoms with E-state index in [9.17, 15) is 9.59 Å². The predicted molar refractivity (Wildman–Crippen MR) is 96.1 cm³/mol. The van der Waals surface area contributed by atoms with Crippen molar-refractivity contribution in [2.75, 3.05) is 7.05 Å². The van der Waals surface area contributed by atoms with Gasteiger partial charge in [0.15, 0.2) is 0 Å².